The summed E-state index contributed by atoms with van der Waals surface area (Å²) in [4.78, 5) is 12.0. The molecule has 10 heteroatoms. The minimum absolute atomic E-state index is 0.270. The maximum absolute atomic E-state index is 14.2. The van der Waals surface area contributed by atoms with Crippen molar-refractivity contribution in [3.63, 3.8) is 0 Å². The second-order valence-electron chi connectivity index (χ2n) is 6.78. The quantitative estimate of drug-likeness (QED) is 0.624. The standard InChI is InChI=1S/C17H20FN7O2/c18-13-2-3-19-6-14(13)27-16-12-1-4-20-15(12)23-17(24-16)22-10-5-21-25(7-10)11-8-26-9-11/h1,4-5,7,11,13-14,19H,2-3,6,8-9H2,(H2,20,22,23,24)/t13-,14+/m1/s1. The summed E-state index contributed by atoms with van der Waals surface area (Å²) >= 11 is 0. The number of piperidine rings is 1. The fourth-order valence-electron chi connectivity index (χ4n) is 3.22. The number of alkyl halides is 1. The Morgan fingerprint density at radius 2 is 2.26 bits per heavy atom. The van der Waals surface area contributed by atoms with E-state index in [0.717, 1.165) is 11.1 Å². The number of H-pyrrole nitrogens is 1. The second-order valence-corrected chi connectivity index (χ2v) is 6.78. The molecule has 27 heavy (non-hydrogen) atoms. The average molecular weight is 373 g/mol. The number of rotatable bonds is 5. The molecule has 5 heterocycles. The van der Waals surface area contributed by atoms with Crippen molar-refractivity contribution in [2.45, 2.75) is 24.7 Å². The van der Waals surface area contributed by atoms with E-state index in [-0.39, 0.29) is 6.04 Å². The predicted molar refractivity (Wildman–Crippen MR) is 96.1 cm³/mol. The number of hydrogen-bond acceptors (Lipinski definition) is 7. The molecule has 0 saturated carbocycles. The van der Waals surface area contributed by atoms with Gasteiger partial charge in [-0.1, -0.05) is 0 Å². The fourth-order valence-corrected chi connectivity index (χ4v) is 3.22. The van der Waals surface area contributed by atoms with Crippen LogP contribution in [0, 0.1) is 0 Å². The molecule has 2 saturated heterocycles. The van der Waals surface area contributed by atoms with Gasteiger partial charge in [0.25, 0.3) is 0 Å². The number of aromatic nitrogens is 5. The highest BCUT2D eigenvalue weighted by Gasteiger charge is 2.28. The Bertz CT molecular complexity index is 938. The molecule has 3 aromatic heterocycles. The Balaban J connectivity index is 1.40. The van der Waals surface area contributed by atoms with E-state index in [4.69, 9.17) is 9.47 Å². The van der Waals surface area contributed by atoms with Gasteiger partial charge < -0.3 is 25.1 Å². The SMILES string of the molecule is F[C@@H]1CCNC[C@@H]1Oc1nc(Nc2cnn(C3COC3)c2)nc2[nH]ccc12. The predicted octanol–water partition coefficient (Wildman–Crippen LogP) is 1.55. The van der Waals surface area contributed by atoms with E-state index in [1.54, 1.807) is 12.4 Å². The Hall–Kier alpha value is -2.72. The monoisotopic (exact) mass is 373 g/mol. The summed E-state index contributed by atoms with van der Waals surface area (Å²) in [5, 5.41) is 11.4. The first-order valence-corrected chi connectivity index (χ1v) is 9.02. The summed E-state index contributed by atoms with van der Waals surface area (Å²) < 4.78 is 27.1. The molecule has 2 aliphatic rings. The Labute approximate surface area is 154 Å². The van der Waals surface area contributed by atoms with Gasteiger partial charge in [0, 0.05) is 18.9 Å². The molecule has 9 nitrogen and oxygen atoms in total. The van der Waals surface area contributed by atoms with E-state index < -0.39 is 12.3 Å². The van der Waals surface area contributed by atoms with Gasteiger partial charge in [0.05, 0.1) is 36.5 Å². The van der Waals surface area contributed by atoms with Crippen LogP contribution < -0.4 is 15.4 Å². The maximum atomic E-state index is 14.2. The smallest absolute Gasteiger partial charge is 0.232 e. The number of anilines is 2. The topological polar surface area (TPSA) is 102 Å². The van der Waals surface area contributed by atoms with Gasteiger partial charge in [-0.15, -0.1) is 0 Å². The van der Waals surface area contributed by atoms with Crippen molar-refractivity contribution in [3.8, 4) is 5.88 Å². The summed E-state index contributed by atoms with van der Waals surface area (Å²) in [5.41, 5.74) is 1.39. The number of nitrogens with zero attached hydrogens (tertiary/aromatic N) is 4. The van der Waals surface area contributed by atoms with E-state index in [0.29, 0.717) is 50.2 Å². The fraction of sp³-hybridized carbons (Fsp3) is 0.471. The lowest BCUT2D eigenvalue weighted by atomic mass is 10.1. The number of fused-ring (bicyclic) bond motifs is 1. The minimum atomic E-state index is -1.02. The summed E-state index contributed by atoms with van der Waals surface area (Å²) in [6.07, 6.45) is 4.20. The zero-order chi connectivity index (χ0) is 18.2. The van der Waals surface area contributed by atoms with Gasteiger partial charge in [-0.25, -0.2) is 4.39 Å². The molecule has 0 bridgehead atoms. The maximum Gasteiger partial charge on any atom is 0.232 e. The van der Waals surface area contributed by atoms with E-state index in [1.165, 1.54) is 0 Å². The van der Waals surface area contributed by atoms with Crippen LogP contribution in [0.5, 0.6) is 5.88 Å². The first-order valence-electron chi connectivity index (χ1n) is 9.02. The zero-order valence-electron chi connectivity index (χ0n) is 14.6. The molecule has 3 aromatic rings. The third kappa shape index (κ3) is 3.21. The molecule has 2 atom stereocenters. The van der Waals surface area contributed by atoms with Crippen molar-refractivity contribution in [1.29, 1.82) is 0 Å². The Morgan fingerprint density at radius 1 is 1.33 bits per heavy atom. The number of nitrogens with one attached hydrogen (secondary N) is 3. The third-order valence-corrected chi connectivity index (χ3v) is 4.84. The molecule has 142 valence electrons. The Kier molecular flexibility index (Phi) is 4.13. The number of hydrogen-bond donors (Lipinski definition) is 3. The lowest BCUT2D eigenvalue weighted by Gasteiger charge is -2.27. The van der Waals surface area contributed by atoms with E-state index >= 15 is 0 Å². The molecule has 0 spiro atoms. The number of ether oxygens (including phenoxy) is 2. The lowest BCUT2D eigenvalue weighted by molar-refractivity contribution is -0.0286. The molecule has 0 radical (unpaired) electrons. The van der Waals surface area contributed by atoms with E-state index in [9.17, 15) is 4.39 Å². The normalized spacial score (nSPS) is 23.3. The first kappa shape index (κ1) is 16.5. The van der Waals surface area contributed by atoms with Gasteiger partial charge in [-0.05, 0) is 19.0 Å². The first-order chi connectivity index (χ1) is 13.3. The second kappa shape index (κ2) is 6.78. The third-order valence-electron chi connectivity index (χ3n) is 4.84. The molecule has 2 fully saturated rings. The molecule has 0 aliphatic carbocycles. The summed E-state index contributed by atoms with van der Waals surface area (Å²) in [6, 6.07) is 2.10. The lowest BCUT2D eigenvalue weighted by Crippen LogP contribution is -2.45. The highest BCUT2D eigenvalue weighted by molar-refractivity contribution is 5.82. The van der Waals surface area contributed by atoms with Crippen LogP contribution in [-0.2, 0) is 4.74 Å². The summed E-state index contributed by atoms with van der Waals surface area (Å²) in [5.74, 6) is 0.725. The summed E-state index contributed by atoms with van der Waals surface area (Å²) in [6.45, 7) is 2.46. The van der Waals surface area contributed by atoms with Gasteiger partial charge in [-0.2, -0.15) is 15.1 Å². The highest BCUT2D eigenvalue weighted by atomic mass is 19.1. The summed E-state index contributed by atoms with van der Waals surface area (Å²) in [7, 11) is 0. The molecule has 2 aliphatic heterocycles. The van der Waals surface area contributed by atoms with E-state index in [1.807, 2.05) is 16.9 Å². The largest absolute Gasteiger partial charge is 0.469 e. The van der Waals surface area contributed by atoms with Crippen molar-refractivity contribution in [1.82, 2.24) is 30.0 Å². The molecule has 3 N–H and O–H groups in total. The molecular formula is C17H20FN7O2. The molecule has 0 unspecified atom stereocenters. The van der Waals surface area contributed by atoms with Crippen LogP contribution >= 0.6 is 0 Å². The average Bonchev–Trinajstić information content (AvgIpc) is 3.25. The molecule has 5 rings (SSSR count). The molecular weight excluding hydrogens is 353 g/mol. The van der Waals surface area contributed by atoms with Crippen LogP contribution in [0.2, 0.25) is 0 Å². The van der Waals surface area contributed by atoms with Gasteiger partial charge in [0.1, 0.15) is 17.9 Å². The van der Waals surface area contributed by atoms with Crippen LogP contribution in [-0.4, -0.2) is 63.3 Å². The van der Waals surface area contributed by atoms with Crippen LogP contribution in [0.1, 0.15) is 12.5 Å². The van der Waals surface area contributed by atoms with Gasteiger partial charge in [0.15, 0.2) is 0 Å². The van der Waals surface area contributed by atoms with Crippen LogP contribution in [0.4, 0.5) is 16.0 Å². The zero-order valence-corrected chi connectivity index (χ0v) is 14.6. The van der Waals surface area contributed by atoms with Gasteiger partial charge in [0.2, 0.25) is 11.8 Å². The Morgan fingerprint density at radius 3 is 3.07 bits per heavy atom. The van der Waals surface area contributed by atoms with E-state index in [2.05, 4.69) is 30.7 Å². The number of halogens is 1. The van der Waals surface area contributed by atoms with Crippen LogP contribution in [0.25, 0.3) is 11.0 Å². The molecule has 0 aromatic carbocycles. The number of aromatic amines is 1. The van der Waals surface area contributed by atoms with Crippen molar-refractivity contribution >= 4 is 22.7 Å². The van der Waals surface area contributed by atoms with Crippen molar-refractivity contribution in [3.05, 3.63) is 24.7 Å². The molecule has 0 amide bonds. The van der Waals surface area contributed by atoms with Crippen LogP contribution in [0.15, 0.2) is 24.7 Å². The van der Waals surface area contributed by atoms with Gasteiger partial charge in [-0.3, -0.25) is 4.68 Å². The van der Waals surface area contributed by atoms with Crippen molar-refractivity contribution in [2.75, 3.05) is 31.6 Å². The van der Waals surface area contributed by atoms with Crippen LogP contribution in [0.3, 0.4) is 0 Å². The van der Waals surface area contributed by atoms with Crippen molar-refractivity contribution in [2.24, 2.45) is 0 Å². The van der Waals surface area contributed by atoms with Crippen molar-refractivity contribution < 1.29 is 13.9 Å². The highest BCUT2D eigenvalue weighted by Crippen LogP contribution is 2.27. The van der Waals surface area contributed by atoms with Gasteiger partial charge >= 0.3 is 0 Å². The minimum Gasteiger partial charge on any atom is -0.469 e.